The van der Waals surface area contributed by atoms with Gasteiger partial charge in [-0.2, -0.15) is 0 Å². The highest BCUT2D eigenvalue weighted by Gasteiger charge is 2.28. The Bertz CT molecular complexity index is 511. The van der Waals surface area contributed by atoms with Crippen LogP contribution in [0.3, 0.4) is 0 Å². The number of hydrogen-bond acceptors (Lipinski definition) is 3. The molecule has 0 radical (unpaired) electrons. The molecular weight excluding hydrogens is 262 g/mol. The van der Waals surface area contributed by atoms with Crippen LogP contribution < -0.4 is 11.1 Å². The highest BCUT2D eigenvalue weighted by atomic mass is 16.2. The number of piperidine rings is 1. The van der Waals surface area contributed by atoms with Gasteiger partial charge in [-0.3, -0.25) is 9.69 Å². The standard InChI is InChI=1S/C17H27N3O/c1-4-10-20-11-6-5-7-15(20)17(21)19-16-12(2)8-9-14(18)13(16)3/h8-9,15H,4-7,10-11,18H2,1-3H3,(H,19,21)/t15-/m0/s1. The molecule has 116 valence electrons. The van der Waals surface area contributed by atoms with E-state index in [4.69, 9.17) is 5.73 Å². The van der Waals surface area contributed by atoms with Crippen LogP contribution in [0, 0.1) is 13.8 Å². The largest absolute Gasteiger partial charge is 0.398 e. The lowest BCUT2D eigenvalue weighted by atomic mass is 10.00. The fourth-order valence-corrected chi connectivity index (χ4v) is 3.10. The zero-order chi connectivity index (χ0) is 15.4. The molecule has 1 saturated heterocycles. The van der Waals surface area contributed by atoms with Crippen molar-refractivity contribution in [2.45, 2.75) is 52.5 Å². The van der Waals surface area contributed by atoms with Gasteiger partial charge in [0.2, 0.25) is 5.91 Å². The second-order valence-corrected chi connectivity index (χ2v) is 6.01. The topological polar surface area (TPSA) is 58.4 Å². The van der Waals surface area contributed by atoms with E-state index in [1.54, 1.807) is 0 Å². The lowest BCUT2D eigenvalue weighted by molar-refractivity contribution is -0.122. The predicted molar refractivity (Wildman–Crippen MR) is 88.5 cm³/mol. The van der Waals surface area contributed by atoms with Crippen LogP contribution in [0.5, 0.6) is 0 Å². The Morgan fingerprint density at radius 3 is 2.86 bits per heavy atom. The number of nitrogens with zero attached hydrogens (tertiary/aromatic N) is 1. The first kappa shape index (κ1) is 15.8. The molecule has 1 fully saturated rings. The molecule has 0 spiro atoms. The molecule has 21 heavy (non-hydrogen) atoms. The number of amides is 1. The SMILES string of the molecule is CCCN1CCCC[C@H]1C(=O)Nc1c(C)ccc(N)c1C. The van der Waals surface area contributed by atoms with Gasteiger partial charge >= 0.3 is 0 Å². The molecule has 0 aromatic heterocycles. The third-order valence-electron chi connectivity index (χ3n) is 4.39. The Kier molecular flexibility index (Phi) is 5.23. The summed E-state index contributed by atoms with van der Waals surface area (Å²) >= 11 is 0. The average molecular weight is 289 g/mol. The number of carbonyl (C=O) groups excluding carboxylic acids is 1. The van der Waals surface area contributed by atoms with Gasteiger partial charge in [0.1, 0.15) is 0 Å². The van der Waals surface area contributed by atoms with Crippen LogP contribution in [-0.4, -0.2) is 29.9 Å². The summed E-state index contributed by atoms with van der Waals surface area (Å²) in [5.41, 5.74) is 9.58. The summed E-state index contributed by atoms with van der Waals surface area (Å²) in [5, 5.41) is 3.12. The van der Waals surface area contributed by atoms with E-state index in [2.05, 4.69) is 17.1 Å². The van der Waals surface area contributed by atoms with Crippen LogP contribution in [0.1, 0.15) is 43.7 Å². The summed E-state index contributed by atoms with van der Waals surface area (Å²) in [6.07, 6.45) is 4.36. The molecule has 4 nitrogen and oxygen atoms in total. The molecule has 0 bridgehead atoms. The monoisotopic (exact) mass is 289 g/mol. The van der Waals surface area contributed by atoms with Gasteiger partial charge < -0.3 is 11.1 Å². The number of likely N-dealkylation sites (tertiary alicyclic amines) is 1. The Hall–Kier alpha value is -1.55. The Morgan fingerprint density at radius 2 is 2.14 bits per heavy atom. The summed E-state index contributed by atoms with van der Waals surface area (Å²) in [6, 6.07) is 3.85. The van der Waals surface area contributed by atoms with Gasteiger partial charge in [-0.1, -0.05) is 19.4 Å². The van der Waals surface area contributed by atoms with Crippen LogP contribution in [0.15, 0.2) is 12.1 Å². The fourth-order valence-electron chi connectivity index (χ4n) is 3.10. The first-order valence-corrected chi connectivity index (χ1v) is 7.95. The molecule has 1 aromatic rings. The molecule has 0 saturated carbocycles. The summed E-state index contributed by atoms with van der Waals surface area (Å²) in [7, 11) is 0. The summed E-state index contributed by atoms with van der Waals surface area (Å²) in [4.78, 5) is 15.0. The van der Waals surface area contributed by atoms with E-state index in [1.807, 2.05) is 26.0 Å². The molecule has 3 N–H and O–H groups in total. The number of nitrogens with two attached hydrogens (primary N) is 1. The number of hydrogen-bond donors (Lipinski definition) is 2. The van der Waals surface area contributed by atoms with Crippen molar-refractivity contribution in [2.75, 3.05) is 24.1 Å². The molecule has 4 heteroatoms. The second-order valence-electron chi connectivity index (χ2n) is 6.01. The molecule has 1 aliphatic heterocycles. The van der Waals surface area contributed by atoms with Crippen molar-refractivity contribution >= 4 is 17.3 Å². The van der Waals surface area contributed by atoms with Crippen LogP contribution >= 0.6 is 0 Å². The molecule has 1 heterocycles. The zero-order valence-corrected chi connectivity index (χ0v) is 13.4. The maximum Gasteiger partial charge on any atom is 0.241 e. The van der Waals surface area contributed by atoms with Gasteiger partial charge in [-0.15, -0.1) is 0 Å². The normalized spacial score (nSPS) is 19.5. The maximum absolute atomic E-state index is 12.7. The number of carbonyl (C=O) groups is 1. The van der Waals surface area contributed by atoms with Gasteiger partial charge in [0.25, 0.3) is 0 Å². The highest BCUT2D eigenvalue weighted by molar-refractivity contribution is 5.96. The number of rotatable bonds is 4. The van der Waals surface area contributed by atoms with Gasteiger partial charge in [0.15, 0.2) is 0 Å². The molecule has 1 aromatic carbocycles. The van der Waals surface area contributed by atoms with Crippen LogP contribution in [0.2, 0.25) is 0 Å². The second kappa shape index (κ2) is 6.94. The van der Waals surface area contributed by atoms with Gasteiger partial charge in [-0.25, -0.2) is 0 Å². The molecular formula is C17H27N3O. The van der Waals surface area contributed by atoms with E-state index >= 15 is 0 Å². The molecule has 1 atom stereocenters. The number of aryl methyl sites for hydroxylation is 1. The Balaban J connectivity index is 2.15. The van der Waals surface area contributed by atoms with Crippen LogP contribution in [0.4, 0.5) is 11.4 Å². The minimum Gasteiger partial charge on any atom is -0.398 e. The fraction of sp³-hybridized carbons (Fsp3) is 0.588. The van der Waals surface area contributed by atoms with Crippen molar-refractivity contribution in [2.24, 2.45) is 0 Å². The Morgan fingerprint density at radius 1 is 1.38 bits per heavy atom. The number of anilines is 2. The number of nitrogen functional groups attached to an aromatic ring is 1. The minimum absolute atomic E-state index is 0.000990. The molecule has 1 amide bonds. The van der Waals surface area contributed by atoms with E-state index in [0.29, 0.717) is 0 Å². The van der Waals surface area contributed by atoms with E-state index in [0.717, 1.165) is 54.9 Å². The third-order valence-corrected chi connectivity index (χ3v) is 4.39. The van der Waals surface area contributed by atoms with Gasteiger partial charge in [0, 0.05) is 11.4 Å². The van der Waals surface area contributed by atoms with E-state index in [1.165, 1.54) is 6.42 Å². The van der Waals surface area contributed by atoms with E-state index < -0.39 is 0 Å². The average Bonchev–Trinajstić information content (AvgIpc) is 2.48. The quantitative estimate of drug-likeness (QED) is 0.837. The maximum atomic E-state index is 12.7. The summed E-state index contributed by atoms with van der Waals surface area (Å²) in [5.74, 6) is 0.111. The minimum atomic E-state index is -0.000990. The van der Waals surface area contributed by atoms with Crippen molar-refractivity contribution in [1.82, 2.24) is 4.90 Å². The van der Waals surface area contributed by atoms with Crippen LogP contribution in [0.25, 0.3) is 0 Å². The van der Waals surface area contributed by atoms with Crippen molar-refractivity contribution in [3.63, 3.8) is 0 Å². The summed E-state index contributed by atoms with van der Waals surface area (Å²) < 4.78 is 0. The Labute approximate surface area is 127 Å². The zero-order valence-electron chi connectivity index (χ0n) is 13.4. The van der Waals surface area contributed by atoms with Crippen molar-refractivity contribution in [3.8, 4) is 0 Å². The summed E-state index contributed by atoms with van der Waals surface area (Å²) in [6.45, 7) is 8.15. The predicted octanol–water partition coefficient (Wildman–Crippen LogP) is 3.09. The number of nitrogens with one attached hydrogen (secondary N) is 1. The molecule has 0 aliphatic carbocycles. The third kappa shape index (κ3) is 3.56. The molecule has 2 rings (SSSR count). The molecule has 0 unspecified atom stereocenters. The van der Waals surface area contributed by atoms with Gasteiger partial charge in [0.05, 0.1) is 6.04 Å². The van der Waals surface area contributed by atoms with Crippen molar-refractivity contribution in [1.29, 1.82) is 0 Å². The van der Waals surface area contributed by atoms with Crippen molar-refractivity contribution < 1.29 is 4.79 Å². The van der Waals surface area contributed by atoms with E-state index in [-0.39, 0.29) is 11.9 Å². The highest BCUT2D eigenvalue weighted by Crippen LogP contribution is 2.26. The number of benzene rings is 1. The molecule has 1 aliphatic rings. The first-order chi connectivity index (χ1) is 10.0. The lowest BCUT2D eigenvalue weighted by Gasteiger charge is -2.34. The lowest BCUT2D eigenvalue weighted by Crippen LogP contribution is -2.47. The van der Waals surface area contributed by atoms with Crippen LogP contribution in [-0.2, 0) is 4.79 Å². The van der Waals surface area contributed by atoms with E-state index in [9.17, 15) is 4.79 Å². The smallest absolute Gasteiger partial charge is 0.241 e. The first-order valence-electron chi connectivity index (χ1n) is 7.95. The van der Waals surface area contributed by atoms with Crippen molar-refractivity contribution in [3.05, 3.63) is 23.3 Å². The van der Waals surface area contributed by atoms with Gasteiger partial charge in [-0.05, 0) is 63.4 Å².